The summed E-state index contributed by atoms with van der Waals surface area (Å²) >= 11 is 0. The van der Waals surface area contributed by atoms with Gasteiger partial charge in [0.15, 0.2) is 39.7 Å². The van der Waals surface area contributed by atoms with Crippen molar-refractivity contribution < 1.29 is 44.1 Å². The van der Waals surface area contributed by atoms with Gasteiger partial charge in [0.1, 0.15) is 28.7 Å². The first-order valence-corrected chi connectivity index (χ1v) is 37.9. The molecule has 0 aliphatic heterocycles. The number of aromatic amines is 2. The Hall–Kier alpha value is -14.7. The predicted molar refractivity (Wildman–Crippen MR) is 444 cm³/mol. The molecule has 2 atom stereocenters. The number of Topliss-reactive ketones (excluding diaryl/α,β-unsaturated/α-hetero) is 1. The summed E-state index contributed by atoms with van der Waals surface area (Å²) in [6.45, 7) is 7.00. The van der Waals surface area contributed by atoms with Gasteiger partial charge in [-0.2, -0.15) is 9.97 Å². The molecule has 0 fully saturated rings. The van der Waals surface area contributed by atoms with Gasteiger partial charge in [-0.05, 0) is 109 Å². The molecule has 0 saturated carbocycles. The van der Waals surface area contributed by atoms with Crippen molar-refractivity contribution in [1.82, 2.24) is 79.6 Å². The van der Waals surface area contributed by atoms with Crippen molar-refractivity contribution in [3.05, 3.63) is 235 Å². The average Bonchev–Trinajstić information content (AvgIpc) is 1.60. The fraction of sp³-hybridized carbons (Fsp3) is 0.253. The highest BCUT2D eigenvalue weighted by Crippen LogP contribution is 2.33. The van der Waals surface area contributed by atoms with Crippen LogP contribution >= 0.6 is 0 Å². The van der Waals surface area contributed by atoms with Gasteiger partial charge in [-0.15, -0.1) is 0 Å². The van der Waals surface area contributed by atoms with E-state index in [1.807, 2.05) is 66.7 Å². The van der Waals surface area contributed by atoms with Gasteiger partial charge in [-0.25, -0.2) is 44.7 Å². The number of nitrogens with two attached hydrogens (primary N) is 5. The standard InChI is InChI=1S/C42H43N11O5.C22H25N5.C19H19N7O6/c1-2-3-8-33-50-35-37(30-6-4-5-7-31(30)49-38(35)43)53(33)23-25-11-9-24(10-12-25)20-46-34(55)18-15-27(41(57)58)19-32(54)26-13-16-28(17-14-26)45-21-29-22-47-39-36(48-29)40(56)52-42(44)51-39;1-2-3-8-19-26-20-21(17-6-4-5-7-18(17)25-22(20)24)27(19)14-16-11-9-15(13-23)10-12-16;20-19-25-15-14(17(30)26-19)23-11(8-22-15)7-21-10-3-1-9(2-4-10)16(29)24-12(18(31)32)5-6-13(27)28/h4-7,9-14,16-17,22,27,45H,2-3,8,15,18-21,23H2,1H3,(H2,43,49)(H,46,55)(H,57,58)(H3,44,47,51,52,56);4-7,9-12H,2-3,8,13-14,23H2,1H3,(H2,24,25);1-4,8,12,21H,5-7H2,(H,24,29)(H,27,28)(H,31,32)(H3,20,22,25,26,30). The van der Waals surface area contributed by atoms with Gasteiger partial charge in [0.2, 0.25) is 17.8 Å². The maximum Gasteiger partial charge on any atom is 0.326 e. The summed E-state index contributed by atoms with van der Waals surface area (Å²) in [4.78, 5) is 144. The highest BCUT2D eigenvalue weighted by Gasteiger charge is 2.26. The molecular formula is C83H87N23O11. The number of ketones is 1. The quantitative estimate of drug-likeness (QED) is 0.0175. The van der Waals surface area contributed by atoms with Crippen LogP contribution in [0.5, 0.6) is 0 Å². The Morgan fingerprint density at radius 3 is 1.41 bits per heavy atom. The highest BCUT2D eigenvalue weighted by atomic mass is 16.4. The van der Waals surface area contributed by atoms with Gasteiger partial charge in [-0.1, -0.05) is 112 Å². The van der Waals surface area contributed by atoms with Gasteiger partial charge < -0.3 is 74.4 Å². The molecule has 0 aliphatic carbocycles. The maximum atomic E-state index is 13.1. The zero-order chi connectivity index (χ0) is 82.8. The largest absolute Gasteiger partial charge is 0.481 e. The lowest BCUT2D eigenvalue weighted by Gasteiger charge is -2.14. The van der Waals surface area contributed by atoms with Gasteiger partial charge in [-0.3, -0.25) is 43.5 Å². The first kappa shape index (κ1) is 81.8. The number of carbonyl (C=O) groups excluding carboxylic acids is 3. The molecule has 34 nitrogen and oxygen atoms in total. The summed E-state index contributed by atoms with van der Waals surface area (Å²) in [5.41, 5.74) is 41.2. The summed E-state index contributed by atoms with van der Waals surface area (Å²) in [5.74, 6) is -3.08. The lowest BCUT2D eigenvalue weighted by molar-refractivity contribution is -0.142. The number of anilines is 6. The number of imidazole rings is 2. The van der Waals surface area contributed by atoms with Crippen LogP contribution in [0.3, 0.4) is 0 Å². The fourth-order valence-electron chi connectivity index (χ4n) is 13.1. The van der Waals surface area contributed by atoms with E-state index in [0.717, 1.165) is 112 Å². The number of fused-ring (bicyclic) bond motifs is 8. The third-order valence-corrected chi connectivity index (χ3v) is 19.4. The number of para-hydroxylation sites is 2. The van der Waals surface area contributed by atoms with Gasteiger partial charge in [0.05, 0.1) is 64.9 Å². The Kier molecular flexibility index (Phi) is 26.4. The molecule has 14 rings (SSSR count). The summed E-state index contributed by atoms with van der Waals surface area (Å²) < 4.78 is 4.53. The average molecular weight is 1580 g/mol. The number of H-pyrrole nitrogens is 2. The van der Waals surface area contributed by atoms with Crippen LogP contribution in [0, 0.1) is 5.92 Å². The number of aromatic nitrogens is 14. The van der Waals surface area contributed by atoms with Gasteiger partial charge in [0.25, 0.3) is 17.0 Å². The molecular weight excluding hydrogens is 1500 g/mol. The minimum absolute atomic E-state index is 0.0111. The Balaban J connectivity index is 0.000000179. The van der Waals surface area contributed by atoms with E-state index in [1.54, 1.807) is 36.4 Å². The molecule has 0 aliphatic rings. The van der Waals surface area contributed by atoms with Crippen molar-refractivity contribution in [2.75, 3.05) is 33.6 Å². The number of nitrogens with zero attached hydrogens (tertiary/aromatic N) is 12. The van der Waals surface area contributed by atoms with Crippen LogP contribution in [-0.4, -0.2) is 126 Å². The van der Waals surface area contributed by atoms with E-state index >= 15 is 0 Å². The van der Waals surface area contributed by atoms with Crippen LogP contribution < -0.4 is 61.1 Å². The van der Waals surface area contributed by atoms with E-state index in [4.69, 9.17) is 48.8 Å². The Labute approximate surface area is 667 Å². The number of benzene rings is 6. The number of carbonyl (C=O) groups is 6. The summed E-state index contributed by atoms with van der Waals surface area (Å²) in [6.07, 6.45) is 8.05. The number of carboxylic acid groups (broad SMARTS) is 3. The van der Waals surface area contributed by atoms with Gasteiger partial charge >= 0.3 is 17.9 Å². The molecule has 19 N–H and O–H groups in total. The molecule has 2 amide bonds. The number of aliphatic carboxylic acids is 3. The number of aryl methyl sites for hydroxylation is 2. The zero-order valence-electron chi connectivity index (χ0n) is 64.0. The van der Waals surface area contributed by atoms with Crippen molar-refractivity contribution in [1.29, 1.82) is 0 Å². The molecule has 0 saturated heterocycles. The number of hydrogen-bond donors (Lipinski definition) is 14. The maximum absolute atomic E-state index is 13.1. The lowest BCUT2D eigenvalue weighted by Crippen LogP contribution is -2.41. The molecule has 117 heavy (non-hydrogen) atoms. The second-order valence-corrected chi connectivity index (χ2v) is 27.8. The third kappa shape index (κ3) is 20.6. The number of pyridine rings is 2. The number of hydrogen-bond acceptors (Lipinski definition) is 25. The van der Waals surface area contributed by atoms with Crippen LogP contribution in [0.25, 0.3) is 66.2 Å². The highest BCUT2D eigenvalue weighted by molar-refractivity contribution is 6.08. The van der Waals surface area contributed by atoms with Crippen molar-refractivity contribution in [2.24, 2.45) is 11.7 Å². The summed E-state index contributed by atoms with van der Waals surface area (Å²) in [6, 6.07) is 43.9. The topological polar surface area (TPSA) is 546 Å². The number of rotatable bonds is 32. The minimum Gasteiger partial charge on any atom is -0.481 e. The monoisotopic (exact) mass is 1580 g/mol. The Bertz CT molecular complexity index is 6120. The predicted octanol–water partition coefficient (Wildman–Crippen LogP) is 9.12. The second kappa shape index (κ2) is 37.8. The number of nitrogens with one attached hydrogen (secondary N) is 6. The number of amides is 2. The molecule has 8 heterocycles. The van der Waals surface area contributed by atoms with Crippen molar-refractivity contribution in [2.45, 2.75) is 130 Å². The molecule has 8 aromatic heterocycles. The Morgan fingerprint density at radius 1 is 0.496 bits per heavy atom. The van der Waals surface area contributed by atoms with Gasteiger partial charge in [0, 0.05) is 91.6 Å². The second-order valence-electron chi connectivity index (χ2n) is 27.8. The SMILES string of the molecule is CCCCc1nc2c(N)nc3ccccc3c2n1Cc1ccc(CN)cc1.CCCCc1nc2c(N)nc3ccccc3c2n1Cc1ccc(CNC(=O)CCC(CC(=O)c2ccc(NCc3cnc4nc(N)[nH]c(=O)c4n3)cc2)C(=O)O)cc1.Nc1nc2ncc(CNc3ccc(C(=O)NC(CCC(=O)O)C(=O)O)cc3)nc2c(=O)[nH]1. The molecule has 0 bridgehead atoms. The zero-order valence-corrected chi connectivity index (χ0v) is 64.0. The molecule has 600 valence electrons. The summed E-state index contributed by atoms with van der Waals surface area (Å²) in [7, 11) is 0. The number of unbranched alkanes of at least 4 members (excludes halogenated alkanes) is 2. The molecule has 2 unspecified atom stereocenters. The molecule has 0 spiro atoms. The number of nitrogen functional groups attached to an aromatic ring is 4. The minimum atomic E-state index is -1.31. The van der Waals surface area contributed by atoms with Crippen molar-refractivity contribution in [3.8, 4) is 0 Å². The van der Waals surface area contributed by atoms with Crippen molar-refractivity contribution in [3.63, 3.8) is 0 Å². The Morgan fingerprint density at radius 2 is 0.957 bits per heavy atom. The lowest BCUT2D eigenvalue weighted by atomic mass is 9.94. The smallest absolute Gasteiger partial charge is 0.326 e. The van der Waals surface area contributed by atoms with Crippen LogP contribution in [-0.2, 0) is 71.3 Å². The molecule has 14 aromatic rings. The first-order chi connectivity index (χ1) is 56.5. The van der Waals surface area contributed by atoms with Crippen LogP contribution in [0.4, 0.5) is 34.9 Å². The molecule has 34 heteroatoms. The normalized spacial score (nSPS) is 11.7. The van der Waals surface area contributed by atoms with E-state index in [1.165, 1.54) is 30.1 Å². The fourth-order valence-corrected chi connectivity index (χ4v) is 13.1. The van der Waals surface area contributed by atoms with Crippen molar-refractivity contribution >= 4 is 137 Å². The van der Waals surface area contributed by atoms with Crippen LogP contribution in [0.15, 0.2) is 168 Å². The van der Waals surface area contributed by atoms with E-state index in [-0.39, 0.29) is 103 Å². The molecule has 6 aromatic carbocycles. The summed E-state index contributed by atoms with van der Waals surface area (Å²) in [5, 5.41) is 41.2. The van der Waals surface area contributed by atoms with E-state index < -0.39 is 46.9 Å². The molecule has 0 radical (unpaired) electrons. The first-order valence-electron chi connectivity index (χ1n) is 37.9. The van der Waals surface area contributed by atoms with Crippen LogP contribution in [0.1, 0.15) is 138 Å². The van der Waals surface area contributed by atoms with E-state index in [0.29, 0.717) is 58.6 Å². The number of carboxylic acids is 3. The van der Waals surface area contributed by atoms with Crippen LogP contribution in [0.2, 0.25) is 0 Å². The van der Waals surface area contributed by atoms with E-state index in [9.17, 15) is 43.5 Å². The third-order valence-electron chi connectivity index (χ3n) is 19.4. The van der Waals surface area contributed by atoms with E-state index in [2.05, 4.69) is 124 Å².